The molecule has 2 aliphatic carbocycles. The van der Waals surface area contributed by atoms with Gasteiger partial charge >= 0.3 is 0 Å². The predicted molar refractivity (Wildman–Crippen MR) is 168 cm³/mol. The summed E-state index contributed by atoms with van der Waals surface area (Å²) < 4.78 is 1.28. The van der Waals surface area contributed by atoms with E-state index in [1.54, 1.807) is 0 Å². The van der Waals surface area contributed by atoms with E-state index in [2.05, 4.69) is 141 Å². The highest BCUT2D eigenvalue weighted by Crippen LogP contribution is 2.53. The van der Waals surface area contributed by atoms with Gasteiger partial charge in [0.25, 0.3) is 0 Å². The Balaban J connectivity index is 1.69. The van der Waals surface area contributed by atoms with Crippen molar-refractivity contribution in [2.24, 2.45) is 11.8 Å². The Morgan fingerprint density at radius 2 is 1.49 bits per heavy atom. The first kappa shape index (κ1) is 23.2. The molecule has 1 heteroatoms. The van der Waals surface area contributed by atoms with E-state index in [1.165, 1.54) is 68.9 Å². The molecule has 0 aromatic heterocycles. The lowest BCUT2D eigenvalue weighted by Crippen LogP contribution is -2.27. The molecule has 5 aromatic rings. The molecule has 0 bridgehead atoms. The van der Waals surface area contributed by atoms with Crippen LogP contribution in [0.2, 0.25) is 0 Å². The van der Waals surface area contributed by atoms with Crippen LogP contribution in [0.5, 0.6) is 0 Å². The minimum absolute atomic E-state index is 0.0421. The van der Waals surface area contributed by atoms with Crippen LogP contribution in [0.4, 0.5) is 0 Å². The molecule has 7 rings (SSSR count). The number of rotatable bonds is 1. The van der Waals surface area contributed by atoms with Gasteiger partial charge in [0, 0.05) is 8.99 Å². The molecule has 0 N–H and O–H groups in total. The molecule has 0 heterocycles. The Morgan fingerprint density at radius 3 is 2.32 bits per heavy atom. The molecule has 2 unspecified atom stereocenters. The molecule has 0 amide bonds. The molecule has 0 saturated heterocycles. The van der Waals surface area contributed by atoms with Gasteiger partial charge in [-0.25, -0.2) is 0 Å². The van der Waals surface area contributed by atoms with E-state index in [0.717, 1.165) is 6.42 Å². The standard InChI is InChI=1S/C36H31I/c1-21-13-16-26-24(17-22(21)2)18-23-14-15-25(37)19-30(23)34(26)31-20-33-35(28-10-6-5-9-27(28)31)29-11-7-8-12-32(29)36(33,3)4/h5-12,14-22H,13H2,1-4H3. The van der Waals surface area contributed by atoms with E-state index >= 15 is 0 Å². The molecule has 0 fully saturated rings. The third kappa shape index (κ3) is 3.39. The van der Waals surface area contributed by atoms with E-state index in [4.69, 9.17) is 0 Å². The van der Waals surface area contributed by atoms with Crippen LogP contribution in [0.15, 0.2) is 78.9 Å². The summed E-state index contributed by atoms with van der Waals surface area (Å²) in [7, 11) is 0. The Bertz CT molecular complexity index is 1870. The van der Waals surface area contributed by atoms with Crippen LogP contribution in [-0.4, -0.2) is 0 Å². The van der Waals surface area contributed by atoms with Crippen LogP contribution >= 0.6 is 22.6 Å². The number of hydrogen-bond donors (Lipinski definition) is 0. The van der Waals surface area contributed by atoms with Gasteiger partial charge in [-0.1, -0.05) is 94.4 Å². The van der Waals surface area contributed by atoms with Gasteiger partial charge < -0.3 is 0 Å². The van der Waals surface area contributed by atoms with Gasteiger partial charge in [0.1, 0.15) is 0 Å². The Labute approximate surface area is 232 Å². The number of halogens is 1. The van der Waals surface area contributed by atoms with E-state index in [-0.39, 0.29) is 5.41 Å². The summed E-state index contributed by atoms with van der Waals surface area (Å²) in [5.41, 5.74) is 8.40. The zero-order valence-corrected chi connectivity index (χ0v) is 24.1. The molecule has 5 aromatic carbocycles. The molecule has 0 aliphatic heterocycles. The highest BCUT2D eigenvalue weighted by atomic mass is 127. The second-order valence-electron chi connectivity index (χ2n) is 11.6. The molecule has 2 atom stereocenters. The first-order valence-electron chi connectivity index (χ1n) is 13.5. The number of fused-ring (bicyclic) bond motifs is 7. The van der Waals surface area contributed by atoms with Crippen LogP contribution < -0.4 is 10.4 Å². The van der Waals surface area contributed by atoms with Crippen LogP contribution in [0.1, 0.15) is 45.2 Å². The normalized spacial score (nSPS) is 19.5. The molecule has 182 valence electrons. The summed E-state index contributed by atoms with van der Waals surface area (Å²) in [6, 6.07) is 30.0. The maximum atomic E-state index is 2.54. The largest absolute Gasteiger partial charge is 0.0757 e. The lowest BCUT2D eigenvalue weighted by molar-refractivity contribution is 0.498. The molecule has 37 heavy (non-hydrogen) atoms. The van der Waals surface area contributed by atoms with E-state index in [1.807, 2.05) is 0 Å². The van der Waals surface area contributed by atoms with Crippen molar-refractivity contribution in [2.45, 2.75) is 39.5 Å². The van der Waals surface area contributed by atoms with E-state index < -0.39 is 0 Å². The van der Waals surface area contributed by atoms with Crippen LogP contribution in [-0.2, 0) is 5.41 Å². The minimum atomic E-state index is -0.0421. The monoisotopic (exact) mass is 590 g/mol. The fraction of sp³-hybridized carbons (Fsp3) is 0.222. The zero-order chi connectivity index (χ0) is 25.5. The Morgan fingerprint density at radius 1 is 0.730 bits per heavy atom. The van der Waals surface area contributed by atoms with Crippen molar-refractivity contribution in [3.8, 4) is 22.3 Å². The van der Waals surface area contributed by atoms with E-state index in [9.17, 15) is 0 Å². The van der Waals surface area contributed by atoms with Crippen molar-refractivity contribution in [2.75, 3.05) is 0 Å². The van der Waals surface area contributed by atoms with Gasteiger partial charge in [-0.15, -0.1) is 0 Å². The average Bonchev–Trinajstić information content (AvgIpc) is 3.03. The van der Waals surface area contributed by atoms with Crippen molar-refractivity contribution < 1.29 is 0 Å². The van der Waals surface area contributed by atoms with Gasteiger partial charge in [0.15, 0.2) is 0 Å². The van der Waals surface area contributed by atoms with Gasteiger partial charge in [-0.2, -0.15) is 0 Å². The van der Waals surface area contributed by atoms with Gasteiger partial charge in [-0.3, -0.25) is 0 Å². The second kappa shape index (κ2) is 8.30. The summed E-state index contributed by atoms with van der Waals surface area (Å²) in [4.78, 5) is 0. The Hall–Kier alpha value is -2.91. The van der Waals surface area contributed by atoms with Crippen molar-refractivity contribution in [1.29, 1.82) is 0 Å². The smallest absolute Gasteiger partial charge is 0.0159 e. The van der Waals surface area contributed by atoms with Crippen molar-refractivity contribution in [3.05, 3.63) is 104 Å². The highest BCUT2D eigenvalue weighted by Gasteiger charge is 2.37. The molecule has 0 spiro atoms. The third-order valence-electron chi connectivity index (χ3n) is 9.07. The van der Waals surface area contributed by atoms with Gasteiger partial charge in [0.05, 0.1) is 0 Å². The lowest BCUT2D eigenvalue weighted by Gasteiger charge is -2.23. The molecule has 0 nitrogen and oxygen atoms in total. The van der Waals surface area contributed by atoms with Crippen molar-refractivity contribution in [3.63, 3.8) is 0 Å². The highest BCUT2D eigenvalue weighted by molar-refractivity contribution is 14.1. The lowest BCUT2D eigenvalue weighted by atomic mass is 9.80. The number of benzene rings is 5. The minimum Gasteiger partial charge on any atom is -0.0757 e. The average molecular weight is 591 g/mol. The van der Waals surface area contributed by atoms with E-state index in [0.29, 0.717) is 11.8 Å². The first-order valence-corrected chi connectivity index (χ1v) is 14.5. The van der Waals surface area contributed by atoms with Crippen LogP contribution in [0.25, 0.3) is 56.0 Å². The van der Waals surface area contributed by atoms with Gasteiger partial charge in [0.2, 0.25) is 0 Å². The summed E-state index contributed by atoms with van der Waals surface area (Å²) in [5.74, 6) is 1.19. The first-order chi connectivity index (χ1) is 17.8. The maximum Gasteiger partial charge on any atom is 0.0159 e. The zero-order valence-electron chi connectivity index (χ0n) is 21.9. The summed E-state index contributed by atoms with van der Waals surface area (Å²) in [6.45, 7) is 9.55. The topological polar surface area (TPSA) is 0 Å². The van der Waals surface area contributed by atoms with Crippen molar-refractivity contribution >= 4 is 56.3 Å². The molecule has 2 aliphatic rings. The molecule has 0 saturated carbocycles. The quantitative estimate of drug-likeness (QED) is 0.171. The second-order valence-corrected chi connectivity index (χ2v) is 12.9. The SMILES string of the molecule is CC1C=c2cc3ccc(I)cc3c(-c3cc4c(c5ccccc35)-c3ccccc3C4(C)C)c2=CCC1C. The van der Waals surface area contributed by atoms with Crippen molar-refractivity contribution in [1.82, 2.24) is 0 Å². The summed E-state index contributed by atoms with van der Waals surface area (Å²) in [6.07, 6.45) is 6.14. The summed E-state index contributed by atoms with van der Waals surface area (Å²) in [5, 5.41) is 8.19. The predicted octanol–water partition coefficient (Wildman–Crippen LogP) is 8.81. The fourth-order valence-electron chi connectivity index (χ4n) is 6.78. The maximum absolute atomic E-state index is 2.54. The third-order valence-corrected chi connectivity index (χ3v) is 9.74. The molecule has 0 radical (unpaired) electrons. The Kier molecular flexibility index (Phi) is 5.21. The number of hydrogen-bond acceptors (Lipinski definition) is 0. The van der Waals surface area contributed by atoms with Gasteiger partial charge in [-0.05, 0) is 130 Å². The van der Waals surface area contributed by atoms with Crippen LogP contribution in [0, 0.1) is 15.4 Å². The van der Waals surface area contributed by atoms with Crippen LogP contribution in [0.3, 0.4) is 0 Å². The molecular weight excluding hydrogens is 559 g/mol. The molecular formula is C36H31I. The summed E-state index contributed by atoms with van der Waals surface area (Å²) >= 11 is 2.47. The fourth-order valence-corrected chi connectivity index (χ4v) is 7.27.